The fourth-order valence-electron chi connectivity index (χ4n) is 2.74. The first kappa shape index (κ1) is 21.5. The fraction of sp³-hybridized carbons (Fsp3) is 0.286. The Labute approximate surface area is 178 Å². The third-order valence-electron chi connectivity index (χ3n) is 4.20. The molecule has 0 aliphatic rings. The van der Waals surface area contributed by atoms with Gasteiger partial charge < -0.3 is 24.1 Å². The van der Waals surface area contributed by atoms with E-state index in [1.54, 1.807) is 33.5 Å². The number of aromatic nitrogens is 2. The predicted octanol–water partition coefficient (Wildman–Crippen LogP) is 3.94. The molecule has 9 heteroatoms. The van der Waals surface area contributed by atoms with Gasteiger partial charge in [0.15, 0.2) is 11.5 Å². The van der Waals surface area contributed by atoms with Crippen LogP contribution in [0.25, 0.3) is 11.4 Å². The zero-order chi connectivity index (χ0) is 21.5. The second-order valence-corrected chi connectivity index (χ2v) is 7.31. The Morgan fingerprint density at radius 1 is 1.03 bits per heavy atom. The van der Waals surface area contributed by atoms with E-state index in [1.165, 1.54) is 11.8 Å². The van der Waals surface area contributed by atoms with Gasteiger partial charge in [-0.15, -0.1) is 11.8 Å². The van der Waals surface area contributed by atoms with Gasteiger partial charge in [-0.1, -0.05) is 11.2 Å². The van der Waals surface area contributed by atoms with Gasteiger partial charge in [0.2, 0.25) is 17.6 Å². The minimum Gasteiger partial charge on any atom is -0.495 e. The molecule has 3 rings (SSSR count). The van der Waals surface area contributed by atoms with Crippen molar-refractivity contribution in [2.45, 2.75) is 12.7 Å². The van der Waals surface area contributed by atoms with E-state index in [0.717, 1.165) is 11.1 Å². The molecule has 8 nitrogen and oxygen atoms in total. The first-order valence-corrected chi connectivity index (χ1v) is 10.3. The Morgan fingerprint density at radius 2 is 1.77 bits per heavy atom. The van der Waals surface area contributed by atoms with Crippen LogP contribution in [-0.2, 0) is 10.5 Å². The summed E-state index contributed by atoms with van der Waals surface area (Å²) in [5.41, 5.74) is 2.43. The van der Waals surface area contributed by atoms with Crippen LogP contribution in [0.5, 0.6) is 17.2 Å². The first-order chi connectivity index (χ1) is 14.5. The number of carbonyl (C=O) groups is 1. The highest BCUT2D eigenvalue weighted by atomic mass is 32.2. The molecule has 0 atom stereocenters. The molecule has 0 bridgehead atoms. The number of ether oxygens (including phenoxy) is 3. The number of hydrogen-bond acceptors (Lipinski definition) is 8. The fourth-order valence-corrected chi connectivity index (χ4v) is 3.39. The van der Waals surface area contributed by atoms with Gasteiger partial charge in [-0.25, -0.2) is 0 Å². The number of aryl methyl sites for hydroxylation is 1. The van der Waals surface area contributed by atoms with Gasteiger partial charge in [-0.2, -0.15) is 4.98 Å². The van der Waals surface area contributed by atoms with Crippen LogP contribution in [0.3, 0.4) is 0 Å². The molecule has 3 aromatic rings. The van der Waals surface area contributed by atoms with Crippen molar-refractivity contribution in [3.63, 3.8) is 0 Å². The van der Waals surface area contributed by atoms with Gasteiger partial charge >= 0.3 is 0 Å². The molecular formula is C21H23N3O5S. The van der Waals surface area contributed by atoms with Crippen molar-refractivity contribution < 1.29 is 23.5 Å². The van der Waals surface area contributed by atoms with Crippen LogP contribution in [0.2, 0.25) is 0 Å². The summed E-state index contributed by atoms with van der Waals surface area (Å²) < 4.78 is 21.1. The average Bonchev–Trinajstić information content (AvgIpc) is 3.22. The lowest BCUT2D eigenvalue weighted by Gasteiger charge is -2.10. The third kappa shape index (κ3) is 5.24. The summed E-state index contributed by atoms with van der Waals surface area (Å²) in [7, 11) is 4.71. The number of thioether (sulfide) groups is 1. The van der Waals surface area contributed by atoms with Crippen LogP contribution in [0, 0.1) is 6.92 Å². The van der Waals surface area contributed by atoms with E-state index in [2.05, 4.69) is 15.5 Å². The number of anilines is 1. The number of nitrogens with one attached hydrogen (secondary N) is 1. The normalized spacial score (nSPS) is 10.5. The van der Waals surface area contributed by atoms with E-state index in [9.17, 15) is 4.79 Å². The minimum atomic E-state index is -0.136. The molecule has 0 spiro atoms. The summed E-state index contributed by atoms with van der Waals surface area (Å²) >= 11 is 1.38. The molecule has 0 fully saturated rings. The Balaban J connectivity index is 1.56. The van der Waals surface area contributed by atoms with Crippen molar-refractivity contribution in [3.8, 4) is 28.6 Å². The Bertz CT molecular complexity index is 1020. The Hall–Kier alpha value is -3.20. The summed E-state index contributed by atoms with van der Waals surface area (Å²) in [6.45, 7) is 1.95. The largest absolute Gasteiger partial charge is 0.495 e. The second kappa shape index (κ2) is 10.0. The molecule has 2 aromatic carbocycles. The topological polar surface area (TPSA) is 95.7 Å². The molecule has 1 amide bonds. The number of amides is 1. The number of rotatable bonds is 9. The maximum Gasteiger partial charge on any atom is 0.236 e. The van der Waals surface area contributed by atoms with Crippen LogP contribution in [0.1, 0.15) is 11.5 Å². The third-order valence-corrected chi connectivity index (χ3v) is 5.11. The molecule has 0 aliphatic carbocycles. The molecule has 0 radical (unpaired) electrons. The van der Waals surface area contributed by atoms with E-state index >= 15 is 0 Å². The first-order valence-electron chi connectivity index (χ1n) is 9.11. The molecule has 0 saturated carbocycles. The van der Waals surface area contributed by atoms with Gasteiger partial charge in [0.1, 0.15) is 5.75 Å². The van der Waals surface area contributed by atoms with Crippen LogP contribution in [0.4, 0.5) is 5.69 Å². The molecular weight excluding hydrogens is 406 g/mol. The highest BCUT2D eigenvalue weighted by Crippen LogP contribution is 2.31. The predicted molar refractivity (Wildman–Crippen MR) is 115 cm³/mol. The zero-order valence-corrected chi connectivity index (χ0v) is 18.0. The van der Waals surface area contributed by atoms with E-state index < -0.39 is 0 Å². The van der Waals surface area contributed by atoms with E-state index in [1.807, 2.05) is 31.2 Å². The van der Waals surface area contributed by atoms with Gasteiger partial charge in [0.05, 0.1) is 38.5 Å². The lowest BCUT2D eigenvalue weighted by Crippen LogP contribution is -2.15. The lowest BCUT2D eigenvalue weighted by atomic mass is 10.2. The smallest absolute Gasteiger partial charge is 0.236 e. The SMILES string of the molecule is COc1ccc(C)cc1NC(=O)CSCc1nc(-c2ccc(OC)c(OC)c2)no1. The maximum atomic E-state index is 12.3. The van der Waals surface area contributed by atoms with Crippen molar-refractivity contribution in [2.24, 2.45) is 0 Å². The Morgan fingerprint density at radius 3 is 2.50 bits per heavy atom. The number of benzene rings is 2. The molecule has 30 heavy (non-hydrogen) atoms. The van der Waals surface area contributed by atoms with Crippen molar-refractivity contribution in [1.82, 2.24) is 10.1 Å². The lowest BCUT2D eigenvalue weighted by molar-refractivity contribution is -0.113. The maximum absolute atomic E-state index is 12.3. The van der Waals surface area contributed by atoms with Gasteiger partial charge in [-0.05, 0) is 42.8 Å². The molecule has 1 N–H and O–H groups in total. The van der Waals surface area contributed by atoms with Crippen LogP contribution >= 0.6 is 11.8 Å². The summed E-state index contributed by atoms with van der Waals surface area (Å²) in [5.74, 6) is 3.23. The molecule has 1 heterocycles. The highest BCUT2D eigenvalue weighted by molar-refractivity contribution is 7.99. The number of hydrogen-bond donors (Lipinski definition) is 1. The average molecular weight is 429 g/mol. The van der Waals surface area contributed by atoms with Crippen molar-refractivity contribution in [1.29, 1.82) is 0 Å². The molecule has 0 unspecified atom stereocenters. The van der Waals surface area contributed by atoms with Crippen molar-refractivity contribution in [3.05, 3.63) is 47.9 Å². The second-order valence-electron chi connectivity index (χ2n) is 6.33. The van der Waals surface area contributed by atoms with E-state index in [4.69, 9.17) is 18.7 Å². The summed E-state index contributed by atoms with van der Waals surface area (Å²) in [5, 5.41) is 6.87. The van der Waals surface area contributed by atoms with Crippen LogP contribution in [0.15, 0.2) is 40.9 Å². The molecule has 0 aliphatic heterocycles. The van der Waals surface area contributed by atoms with Gasteiger partial charge in [0, 0.05) is 5.56 Å². The van der Waals surface area contributed by atoms with Gasteiger partial charge in [-0.3, -0.25) is 4.79 Å². The van der Waals surface area contributed by atoms with E-state index in [0.29, 0.717) is 40.4 Å². The van der Waals surface area contributed by atoms with Crippen molar-refractivity contribution >= 4 is 23.4 Å². The molecule has 0 saturated heterocycles. The standard InChI is InChI=1S/C21H23N3O5S/c1-13-5-7-16(26-2)15(9-13)22-19(25)11-30-12-20-23-21(24-29-20)14-6-8-17(27-3)18(10-14)28-4/h5-10H,11-12H2,1-4H3,(H,22,25). The van der Waals surface area contributed by atoms with Gasteiger partial charge in [0.25, 0.3) is 0 Å². The summed E-state index contributed by atoms with van der Waals surface area (Å²) in [6, 6.07) is 11.0. The molecule has 1 aromatic heterocycles. The van der Waals surface area contributed by atoms with Crippen molar-refractivity contribution in [2.75, 3.05) is 32.4 Å². The summed E-state index contributed by atoms with van der Waals surface area (Å²) in [6.07, 6.45) is 0. The number of nitrogens with zero attached hydrogens (tertiary/aromatic N) is 2. The highest BCUT2D eigenvalue weighted by Gasteiger charge is 2.13. The Kier molecular flexibility index (Phi) is 7.18. The zero-order valence-electron chi connectivity index (χ0n) is 17.2. The molecule has 158 valence electrons. The monoisotopic (exact) mass is 429 g/mol. The van der Waals surface area contributed by atoms with Crippen LogP contribution < -0.4 is 19.5 Å². The van der Waals surface area contributed by atoms with E-state index in [-0.39, 0.29) is 11.7 Å². The number of carbonyl (C=O) groups excluding carboxylic acids is 1. The quantitative estimate of drug-likeness (QED) is 0.546. The number of methoxy groups -OCH3 is 3. The van der Waals surface area contributed by atoms with Crippen LogP contribution in [-0.4, -0.2) is 43.1 Å². The minimum absolute atomic E-state index is 0.136. The summed E-state index contributed by atoms with van der Waals surface area (Å²) in [4.78, 5) is 16.6.